The standard InChI is InChI=1S/C8H6N2.ClH.H3N/c1-2-4-8-7(3-1)9-5-6-10-8;;/h1-6H;1H;1H3. The molecule has 0 spiro atoms. The van der Waals surface area contributed by atoms with E-state index in [9.17, 15) is 0 Å². The van der Waals surface area contributed by atoms with Gasteiger partial charge in [-0.3, -0.25) is 9.97 Å². The number of aromatic nitrogens is 2. The molecule has 0 bridgehead atoms. The van der Waals surface area contributed by atoms with Crippen molar-refractivity contribution in [3.63, 3.8) is 0 Å². The van der Waals surface area contributed by atoms with Crippen LogP contribution in [-0.4, -0.2) is 9.97 Å². The van der Waals surface area contributed by atoms with Gasteiger partial charge in [-0.2, -0.15) is 0 Å². The Balaban J connectivity index is 0.000000605. The fourth-order valence-corrected chi connectivity index (χ4v) is 0.910. The van der Waals surface area contributed by atoms with Crippen molar-refractivity contribution in [2.24, 2.45) is 0 Å². The van der Waals surface area contributed by atoms with E-state index < -0.39 is 0 Å². The van der Waals surface area contributed by atoms with Crippen LogP contribution >= 0.6 is 12.4 Å². The van der Waals surface area contributed by atoms with E-state index in [1.807, 2.05) is 24.3 Å². The lowest BCUT2D eigenvalue weighted by atomic mass is 10.3. The summed E-state index contributed by atoms with van der Waals surface area (Å²) >= 11 is 0. The quantitative estimate of drug-likeness (QED) is 0.681. The molecule has 64 valence electrons. The average Bonchev–Trinajstić information content (AvgIpc) is 2.05. The zero-order valence-corrected chi connectivity index (χ0v) is 7.29. The van der Waals surface area contributed by atoms with Gasteiger partial charge in [0.1, 0.15) is 0 Å². The van der Waals surface area contributed by atoms with Gasteiger partial charge in [-0.1, -0.05) is 12.1 Å². The fraction of sp³-hybridized carbons (Fsp3) is 0. The maximum atomic E-state index is 4.12. The maximum absolute atomic E-state index is 4.12. The van der Waals surface area contributed by atoms with Crippen molar-refractivity contribution >= 4 is 23.4 Å². The molecule has 0 radical (unpaired) electrons. The van der Waals surface area contributed by atoms with Gasteiger partial charge in [0.05, 0.1) is 11.0 Å². The van der Waals surface area contributed by atoms with Gasteiger partial charge in [-0.05, 0) is 12.1 Å². The molecule has 3 nitrogen and oxygen atoms in total. The van der Waals surface area contributed by atoms with E-state index in [1.165, 1.54) is 0 Å². The minimum Gasteiger partial charge on any atom is -0.344 e. The van der Waals surface area contributed by atoms with Crippen LogP contribution in [0.1, 0.15) is 0 Å². The summed E-state index contributed by atoms with van der Waals surface area (Å²) in [4.78, 5) is 8.24. The van der Waals surface area contributed by atoms with Gasteiger partial charge < -0.3 is 6.15 Å². The first-order chi connectivity index (χ1) is 4.97. The number of fused-ring (bicyclic) bond motifs is 1. The summed E-state index contributed by atoms with van der Waals surface area (Å²) in [6.07, 6.45) is 3.39. The van der Waals surface area contributed by atoms with E-state index in [4.69, 9.17) is 0 Å². The first kappa shape index (κ1) is 10.8. The molecule has 0 saturated carbocycles. The van der Waals surface area contributed by atoms with Gasteiger partial charge in [0.25, 0.3) is 0 Å². The summed E-state index contributed by atoms with van der Waals surface area (Å²) < 4.78 is 0. The molecule has 0 aliphatic rings. The molecular weight excluding hydrogens is 174 g/mol. The predicted molar refractivity (Wildman–Crippen MR) is 51.8 cm³/mol. The Morgan fingerprint density at radius 3 is 1.67 bits per heavy atom. The lowest BCUT2D eigenvalue weighted by Gasteiger charge is -1.90. The van der Waals surface area contributed by atoms with Crippen LogP contribution in [0.25, 0.3) is 11.0 Å². The molecule has 3 N–H and O–H groups in total. The third kappa shape index (κ3) is 1.90. The minimum absolute atomic E-state index is 0. The highest BCUT2D eigenvalue weighted by Gasteiger charge is 1.88. The first-order valence-corrected chi connectivity index (χ1v) is 3.12. The Morgan fingerprint density at radius 2 is 1.25 bits per heavy atom. The van der Waals surface area contributed by atoms with Crippen LogP contribution in [0.2, 0.25) is 0 Å². The molecule has 0 unspecified atom stereocenters. The van der Waals surface area contributed by atoms with Crippen molar-refractivity contribution in [3.8, 4) is 0 Å². The number of halogens is 1. The molecule has 0 fully saturated rings. The van der Waals surface area contributed by atoms with Gasteiger partial charge in [0.15, 0.2) is 0 Å². The molecule has 0 amide bonds. The molecule has 2 aromatic rings. The Hall–Kier alpha value is -1.19. The highest BCUT2D eigenvalue weighted by atomic mass is 35.5. The second-order valence-electron chi connectivity index (χ2n) is 2.05. The van der Waals surface area contributed by atoms with Gasteiger partial charge in [-0.25, -0.2) is 0 Å². The summed E-state index contributed by atoms with van der Waals surface area (Å²) in [5.41, 5.74) is 1.90. The highest BCUT2D eigenvalue weighted by Crippen LogP contribution is 2.04. The minimum atomic E-state index is 0. The van der Waals surface area contributed by atoms with E-state index in [0.717, 1.165) is 11.0 Å². The second kappa shape index (κ2) is 4.64. The Bertz CT molecular complexity index is 285. The van der Waals surface area contributed by atoms with Crippen LogP contribution in [0, 0.1) is 0 Å². The highest BCUT2D eigenvalue weighted by molar-refractivity contribution is 5.85. The molecule has 0 aliphatic carbocycles. The van der Waals surface area contributed by atoms with Crippen LogP contribution in [0.3, 0.4) is 0 Å². The van der Waals surface area contributed by atoms with Crippen LogP contribution in [0.5, 0.6) is 0 Å². The third-order valence-corrected chi connectivity index (χ3v) is 1.38. The van der Waals surface area contributed by atoms with Gasteiger partial charge in [-0.15, -0.1) is 12.4 Å². The summed E-state index contributed by atoms with van der Waals surface area (Å²) in [6.45, 7) is 0. The smallest absolute Gasteiger partial charge is 0.0886 e. The van der Waals surface area contributed by atoms with E-state index in [0.29, 0.717) is 0 Å². The van der Waals surface area contributed by atoms with Crippen molar-refractivity contribution in [2.45, 2.75) is 0 Å². The number of para-hydroxylation sites is 2. The van der Waals surface area contributed by atoms with Crippen molar-refractivity contribution < 1.29 is 0 Å². The van der Waals surface area contributed by atoms with Crippen molar-refractivity contribution in [3.05, 3.63) is 36.7 Å². The molecule has 1 aromatic heterocycles. The summed E-state index contributed by atoms with van der Waals surface area (Å²) in [5, 5.41) is 0. The Labute approximate surface area is 76.8 Å². The van der Waals surface area contributed by atoms with Crippen LogP contribution in [-0.2, 0) is 0 Å². The molecule has 1 heterocycles. The van der Waals surface area contributed by atoms with E-state index in [-0.39, 0.29) is 18.6 Å². The number of nitrogens with zero attached hydrogens (tertiary/aromatic N) is 2. The normalized spacial score (nSPS) is 8.33. The fourth-order valence-electron chi connectivity index (χ4n) is 0.910. The van der Waals surface area contributed by atoms with Gasteiger partial charge in [0.2, 0.25) is 0 Å². The van der Waals surface area contributed by atoms with Crippen molar-refractivity contribution in [1.82, 2.24) is 16.1 Å². The molecule has 0 aliphatic heterocycles. The molecule has 0 saturated heterocycles. The second-order valence-corrected chi connectivity index (χ2v) is 2.05. The molecule has 1 aromatic carbocycles. The molecule has 12 heavy (non-hydrogen) atoms. The van der Waals surface area contributed by atoms with Crippen LogP contribution in [0.4, 0.5) is 0 Å². The lowest BCUT2D eigenvalue weighted by Crippen LogP contribution is -1.78. The van der Waals surface area contributed by atoms with Gasteiger partial charge in [0, 0.05) is 12.4 Å². The molecule has 4 heteroatoms. The number of rotatable bonds is 0. The number of hydrogen-bond acceptors (Lipinski definition) is 3. The third-order valence-electron chi connectivity index (χ3n) is 1.38. The van der Waals surface area contributed by atoms with Crippen molar-refractivity contribution in [2.75, 3.05) is 0 Å². The zero-order valence-electron chi connectivity index (χ0n) is 6.47. The topological polar surface area (TPSA) is 60.8 Å². The summed E-state index contributed by atoms with van der Waals surface area (Å²) in [5.74, 6) is 0. The monoisotopic (exact) mass is 183 g/mol. The first-order valence-electron chi connectivity index (χ1n) is 3.12. The zero-order chi connectivity index (χ0) is 6.81. The predicted octanol–water partition coefficient (Wildman–Crippen LogP) is 2.21. The summed E-state index contributed by atoms with van der Waals surface area (Å²) in [6, 6.07) is 7.80. The van der Waals surface area contributed by atoms with Crippen LogP contribution in [0.15, 0.2) is 36.7 Å². The van der Waals surface area contributed by atoms with E-state index >= 15 is 0 Å². The number of benzene rings is 1. The van der Waals surface area contributed by atoms with E-state index in [1.54, 1.807) is 12.4 Å². The van der Waals surface area contributed by atoms with Crippen LogP contribution < -0.4 is 6.15 Å². The Kier molecular flexibility index (Phi) is 4.18. The SMILES string of the molecule is Cl.N.c1ccc2nccnc2c1. The molecule has 0 atom stereocenters. The maximum Gasteiger partial charge on any atom is 0.0886 e. The number of hydrogen-bond donors (Lipinski definition) is 1. The lowest BCUT2D eigenvalue weighted by molar-refractivity contribution is 1.29. The largest absolute Gasteiger partial charge is 0.344 e. The summed E-state index contributed by atoms with van der Waals surface area (Å²) in [7, 11) is 0. The Morgan fingerprint density at radius 1 is 0.833 bits per heavy atom. The van der Waals surface area contributed by atoms with Gasteiger partial charge >= 0.3 is 0 Å². The average molecular weight is 184 g/mol. The van der Waals surface area contributed by atoms with Crippen molar-refractivity contribution in [1.29, 1.82) is 0 Å². The van der Waals surface area contributed by atoms with E-state index in [2.05, 4.69) is 9.97 Å². The molecule has 2 rings (SSSR count). The molecular formula is C8H10ClN3.